The van der Waals surface area contributed by atoms with Crippen molar-refractivity contribution in [1.82, 2.24) is 9.88 Å². The van der Waals surface area contributed by atoms with E-state index in [0.29, 0.717) is 24.9 Å². The normalized spacial score (nSPS) is 10.8. The molecule has 2 aromatic carbocycles. The number of rotatable bonds is 5. The van der Waals surface area contributed by atoms with E-state index in [1.807, 2.05) is 61.5 Å². The van der Waals surface area contributed by atoms with Crippen LogP contribution in [-0.4, -0.2) is 22.8 Å². The SMILES string of the molecule is Cc1ccc2[nH]c(=O)c(CCC(=O)N(C)Cc3ccccc3)cc2c1. The Bertz CT molecular complexity index is 945. The second-order valence-electron chi connectivity index (χ2n) is 6.45. The predicted molar refractivity (Wildman–Crippen MR) is 101 cm³/mol. The Kier molecular flexibility index (Phi) is 4.98. The summed E-state index contributed by atoms with van der Waals surface area (Å²) in [6.07, 6.45) is 0.765. The Balaban J connectivity index is 1.68. The van der Waals surface area contributed by atoms with Gasteiger partial charge in [0, 0.05) is 31.1 Å². The largest absolute Gasteiger partial charge is 0.341 e. The van der Waals surface area contributed by atoms with E-state index in [2.05, 4.69) is 4.98 Å². The van der Waals surface area contributed by atoms with Crippen molar-refractivity contribution in [3.8, 4) is 0 Å². The Morgan fingerprint density at radius 2 is 1.84 bits per heavy atom. The first kappa shape index (κ1) is 17.0. The number of amides is 1. The van der Waals surface area contributed by atoms with Crippen LogP contribution < -0.4 is 5.56 Å². The zero-order valence-corrected chi connectivity index (χ0v) is 14.6. The summed E-state index contributed by atoms with van der Waals surface area (Å²) in [5.41, 5.74) is 3.60. The van der Waals surface area contributed by atoms with Crippen molar-refractivity contribution in [3.05, 3.63) is 81.6 Å². The summed E-state index contributed by atoms with van der Waals surface area (Å²) in [5.74, 6) is 0.0348. The standard InChI is InChI=1S/C21H22N2O2/c1-15-8-10-19-18(12-15)13-17(21(25)22-19)9-11-20(24)23(2)14-16-6-4-3-5-7-16/h3-8,10,12-13H,9,11,14H2,1-2H3,(H,22,25). The molecule has 3 rings (SSSR count). The maximum absolute atomic E-state index is 12.4. The van der Waals surface area contributed by atoms with Crippen LogP contribution in [-0.2, 0) is 17.8 Å². The van der Waals surface area contributed by atoms with Crippen LogP contribution in [0.5, 0.6) is 0 Å². The fourth-order valence-electron chi connectivity index (χ4n) is 2.93. The highest BCUT2D eigenvalue weighted by molar-refractivity contribution is 5.80. The van der Waals surface area contributed by atoms with E-state index in [4.69, 9.17) is 0 Å². The number of aromatic nitrogens is 1. The molecule has 3 aromatic rings. The van der Waals surface area contributed by atoms with E-state index >= 15 is 0 Å². The van der Waals surface area contributed by atoms with Gasteiger partial charge < -0.3 is 9.88 Å². The number of aromatic amines is 1. The summed E-state index contributed by atoms with van der Waals surface area (Å²) in [4.78, 5) is 29.2. The predicted octanol–water partition coefficient (Wildman–Crippen LogP) is 3.43. The number of hydrogen-bond donors (Lipinski definition) is 1. The Morgan fingerprint density at radius 3 is 2.60 bits per heavy atom. The van der Waals surface area contributed by atoms with Crippen molar-refractivity contribution in [2.75, 3.05) is 7.05 Å². The fraction of sp³-hybridized carbons (Fsp3) is 0.238. The van der Waals surface area contributed by atoms with Crippen molar-refractivity contribution >= 4 is 16.8 Å². The van der Waals surface area contributed by atoms with E-state index in [9.17, 15) is 9.59 Å². The molecule has 0 aliphatic carbocycles. The third-order valence-electron chi connectivity index (χ3n) is 4.37. The van der Waals surface area contributed by atoms with Gasteiger partial charge in [0.15, 0.2) is 0 Å². The molecule has 0 saturated heterocycles. The number of aryl methyl sites for hydroxylation is 2. The molecule has 0 spiro atoms. The zero-order valence-electron chi connectivity index (χ0n) is 14.6. The van der Waals surface area contributed by atoms with Crippen LogP contribution in [0.2, 0.25) is 0 Å². The van der Waals surface area contributed by atoms with E-state index in [1.165, 1.54) is 0 Å². The third kappa shape index (κ3) is 4.15. The van der Waals surface area contributed by atoms with Gasteiger partial charge in [-0.15, -0.1) is 0 Å². The van der Waals surface area contributed by atoms with Gasteiger partial charge in [-0.2, -0.15) is 0 Å². The van der Waals surface area contributed by atoms with E-state index in [-0.39, 0.29) is 11.5 Å². The van der Waals surface area contributed by atoms with E-state index < -0.39 is 0 Å². The molecule has 4 heteroatoms. The molecular formula is C21H22N2O2. The number of nitrogens with one attached hydrogen (secondary N) is 1. The molecule has 0 bridgehead atoms. The van der Waals surface area contributed by atoms with Crippen molar-refractivity contribution in [3.63, 3.8) is 0 Å². The summed E-state index contributed by atoms with van der Waals surface area (Å²) in [5, 5.41) is 1.000. The average molecular weight is 334 g/mol. The molecule has 0 unspecified atom stereocenters. The smallest absolute Gasteiger partial charge is 0.251 e. The van der Waals surface area contributed by atoms with Crippen LogP contribution in [0.4, 0.5) is 0 Å². The molecule has 0 radical (unpaired) electrons. The number of nitrogens with zero attached hydrogens (tertiary/aromatic N) is 1. The van der Waals surface area contributed by atoms with Crippen LogP contribution in [0.15, 0.2) is 59.4 Å². The van der Waals surface area contributed by atoms with E-state index in [1.54, 1.807) is 11.9 Å². The molecule has 25 heavy (non-hydrogen) atoms. The number of hydrogen-bond acceptors (Lipinski definition) is 2. The molecule has 0 fully saturated rings. The number of pyridine rings is 1. The Labute approximate surface area is 147 Å². The summed E-state index contributed by atoms with van der Waals surface area (Å²) < 4.78 is 0. The molecule has 4 nitrogen and oxygen atoms in total. The second kappa shape index (κ2) is 7.34. The summed E-state index contributed by atoms with van der Waals surface area (Å²) >= 11 is 0. The first-order chi connectivity index (χ1) is 12.0. The van der Waals surface area contributed by atoms with Gasteiger partial charge in [0.2, 0.25) is 5.91 Å². The van der Waals surface area contributed by atoms with Crippen molar-refractivity contribution in [2.24, 2.45) is 0 Å². The Hall–Kier alpha value is -2.88. The van der Waals surface area contributed by atoms with Gasteiger partial charge >= 0.3 is 0 Å². The number of carbonyl (C=O) groups is 1. The van der Waals surface area contributed by atoms with Gasteiger partial charge in [0.1, 0.15) is 0 Å². The molecule has 0 aliphatic heterocycles. The summed E-state index contributed by atoms with van der Waals surface area (Å²) in [6.45, 7) is 2.60. The highest BCUT2D eigenvalue weighted by atomic mass is 16.2. The minimum Gasteiger partial charge on any atom is -0.341 e. The first-order valence-electron chi connectivity index (χ1n) is 8.43. The molecule has 1 N–H and O–H groups in total. The van der Waals surface area contributed by atoms with Crippen LogP contribution >= 0.6 is 0 Å². The van der Waals surface area contributed by atoms with Gasteiger partial charge in [0.25, 0.3) is 5.56 Å². The number of carbonyl (C=O) groups excluding carboxylic acids is 1. The number of H-pyrrole nitrogens is 1. The van der Waals surface area contributed by atoms with Crippen LogP contribution in [0.1, 0.15) is 23.1 Å². The lowest BCUT2D eigenvalue weighted by Crippen LogP contribution is -2.27. The zero-order chi connectivity index (χ0) is 17.8. The lowest BCUT2D eigenvalue weighted by atomic mass is 10.1. The van der Waals surface area contributed by atoms with Gasteiger partial charge in [-0.1, -0.05) is 42.0 Å². The number of fused-ring (bicyclic) bond motifs is 1. The quantitative estimate of drug-likeness (QED) is 0.777. The van der Waals surface area contributed by atoms with Gasteiger partial charge in [-0.05, 0) is 42.5 Å². The van der Waals surface area contributed by atoms with Crippen molar-refractivity contribution < 1.29 is 4.79 Å². The fourth-order valence-corrected chi connectivity index (χ4v) is 2.93. The minimum absolute atomic E-state index is 0.0348. The topological polar surface area (TPSA) is 53.2 Å². The molecule has 0 atom stereocenters. The first-order valence-corrected chi connectivity index (χ1v) is 8.43. The lowest BCUT2D eigenvalue weighted by Gasteiger charge is -2.17. The average Bonchev–Trinajstić information content (AvgIpc) is 2.60. The van der Waals surface area contributed by atoms with Crippen LogP contribution in [0, 0.1) is 6.92 Å². The highest BCUT2D eigenvalue weighted by Gasteiger charge is 2.11. The molecule has 1 heterocycles. The highest BCUT2D eigenvalue weighted by Crippen LogP contribution is 2.14. The lowest BCUT2D eigenvalue weighted by molar-refractivity contribution is -0.130. The van der Waals surface area contributed by atoms with Gasteiger partial charge in [-0.25, -0.2) is 0 Å². The molecule has 1 aromatic heterocycles. The summed E-state index contributed by atoms with van der Waals surface area (Å²) in [6, 6.07) is 17.7. The van der Waals surface area contributed by atoms with Crippen molar-refractivity contribution in [2.45, 2.75) is 26.3 Å². The summed E-state index contributed by atoms with van der Waals surface area (Å²) in [7, 11) is 1.79. The maximum Gasteiger partial charge on any atom is 0.251 e. The molecule has 1 amide bonds. The molecular weight excluding hydrogens is 312 g/mol. The van der Waals surface area contributed by atoms with E-state index in [0.717, 1.165) is 22.0 Å². The van der Waals surface area contributed by atoms with Gasteiger partial charge in [0.05, 0.1) is 0 Å². The minimum atomic E-state index is -0.116. The van der Waals surface area contributed by atoms with Gasteiger partial charge in [-0.3, -0.25) is 9.59 Å². The van der Waals surface area contributed by atoms with Crippen LogP contribution in [0.25, 0.3) is 10.9 Å². The maximum atomic E-state index is 12.4. The monoisotopic (exact) mass is 334 g/mol. The Morgan fingerprint density at radius 1 is 1.08 bits per heavy atom. The molecule has 0 saturated carbocycles. The molecule has 128 valence electrons. The third-order valence-corrected chi connectivity index (χ3v) is 4.37. The number of benzene rings is 2. The molecule has 0 aliphatic rings. The second-order valence-corrected chi connectivity index (χ2v) is 6.45. The van der Waals surface area contributed by atoms with Crippen molar-refractivity contribution in [1.29, 1.82) is 0 Å². The van der Waals surface area contributed by atoms with Crippen LogP contribution in [0.3, 0.4) is 0 Å².